The van der Waals surface area contributed by atoms with Crippen LogP contribution in [0.3, 0.4) is 0 Å². The van der Waals surface area contributed by atoms with Gasteiger partial charge < -0.3 is 5.32 Å². The molecule has 1 fully saturated rings. The van der Waals surface area contributed by atoms with Crippen molar-refractivity contribution in [3.63, 3.8) is 0 Å². The van der Waals surface area contributed by atoms with Gasteiger partial charge in [-0.3, -0.25) is 0 Å². The first-order valence-corrected chi connectivity index (χ1v) is 9.60. The molecule has 1 aliphatic rings. The van der Waals surface area contributed by atoms with E-state index in [0.717, 1.165) is 24.1 Å². The summed E-state index contributed by atoms with van der Waals surface area (Å²) in [6, 6.07) is 9.82. The van der Waals surface area contributed by atoms with Crippen LogP contribution in [-0.4, -0.2) is 11.8 Å². The summed E-state index contributed by atoms with van der Waals surface area (Å²) >= 11 is 2.09. The molecular weight excluding hydrogens is 274 g/mol. The predicted octanol–water partition coefficient (Wildman–Crippen LogP) is 5.81. The minimum absolute atomic E-state index is 0.513. The molecule has 0 saturated heterocycles. The van der Waals surface area contributed by atoms with Crippen LogP contribution in [-0.2, 0) is 0 Å². The Morgan fingerprint density at radius 1 is 1.19 bits per heavy atom. The summed E-state index contributed by atoms with van der Waals surface area (Å²) in [6.45, 7) is 8.00. The van der Waals surface area contributed by atoms with Crippen LogP contribution in [0.5, 0.6) is 0 Å². The Hall–Kier alpha value is -0.470. The molecule has 1 aromatic carbocycles. The topological polar surface area (TPSA) is 12.0 Å². The Labute approximate surface area is 135 Å². The van der Waals surface area contributed by atoms with E-state index < -0.39 is 0 Å². The van der Waals surface area contributed by atoms with Crippen molar-refractivity contribution in [1.82, 2.24) is 5.32 Å². The summed E-state index contributed by atoms with van der Waals surface area (Å²) in [5.74, 6) is 0.915. The zero-order valence-corrected chi connectivity index (χ0v) is 14.7. The van der Waals surface area contributed by atoms with Gasteiger partial charge >= 0.3 is 0 Å². The third kappa shape index (κ3) is 5.34. The lowest BCUT2D eigenvalue weighted by molar-refractivity contribution is 0.394. The first-order valence-electron chi connectivity index (χ1n) is 8.72. The Morgan fingerprint density at radius 3 is 2.57 bits per heavy atom. The fourth-order valence-corrected chi connectivity index (χ4v) is 4.66. The van der Waals surface area contributed by atoms with Crippen molar-refractivity contribution in [2.75, 3.05) is 6.54 Å². The van der Waals surface area contributed by atoms with Crippen molar-refractivity contribution >= 4 is 11.8 Å². The fraction of sp³-hybridized carbons (Fsp3) is 0.684. The second kappa shape index (κ2) is 8.85. The van der Waals surface area contributed by atoms with E-state index in [2.05, 4.69) is 62.1 Å². The van der Waals surface area contributed by atoms with Gasteiger partial charge in [-0.15, -0.1) is 11.8 Å². The van der Waals surface area contributed by atoms with Gasteiger partial charge in [0.25, 0.3) is 0 Å². The van der Waals surface area contributed by atoms with E-state index in [1.165, 1.54) is 42.6 Å². The highest BCUT2D eigenvalue weighted by atomic mass is 32.2. The van der Waals surface area contributed by atoms with Gasteiger partial charge in [-0.1, -0.05) is 45.7 Å². The third-order valence-electron chi connectivity index (χ3n) is 4.52. The average molecular weight is 306 g/mol. The molecule has 0 aliphatic heterocycles. The van der Waals surface area contributed by atoms with Gasteiger partial charge in [-0.05, 0) is 55.8 Å². The van der Waals surface area contributed by atoms with Gasteiger partial charge in [0, 0.05) is 16.2 Å². The van der Waals surface area contributed by atoms with Crippen LogP contribution >= 0.6 is 11.8 Å². The molecule has 0 bridgehead atoms. The monoisotopic (exact) mass is 305 g/mol. The van der Waals surface area contributed by atoms with Crippen LogP contribution < -0.4 is 5.32 Å². The number of nitrogens with one attached hydrogen (secondary N) is 1. The second-order valence-corrected chi connectivity index (χ2v) is 7.87. The molecule has 1 saturated carbocycles. The van der Waals surface area contributed by atoms with E-state index >= 15 is 0 Å². The molecule has 1 aromatic rings. The standard InChI is InChI=1S/C19H31NS/c1-4-13-20-19(5-2)16-9-11-17(12-10-16)21-18-8-6-7-15(3)14-18/h9-12,15,18-20H,4-8,13-14H2,1-3H3. The third-order valence-corrected chi connectivity index (χ3v) is 5.83. The number of thioether (sulfide) groups is 1. The highest BCUT2D eigenvalue weighted by Crippen LogP contribution is 2.36. The van der Waals surface area contributed by atoms with Crippen LogP contribution in [0.2, 0.25) is 0 Å². The molecule has 2 rings (SSSR count). The zero-order chi connectivity index (χ0) is 15.1. The average Bonchev–Trinajstić information content (AvgIpc) is 2.49. The van der Waals surface area contributed by atoms with E-state index in [4.69, 9.17) is 0 Å². The van der Waals surface area contributed by atoms with Gasteiger partial charge in [0.05, 0.1) is 0 Å². The second-order valence-electron chi connectivity index (χ2n) is 6.50. The quantitative estimate of drug-likeness (QED) is 0.682. The molecule has 0 aromatic heterocycles. The van der Waals surface area contributed by atoms with Crippen molar-refractivity contribution < 1.29 is 0 Å². The van der Waals surface area contributed by atoms with Crippen molar-refractivity contribution in [1.29, 1.82) is 0 Å². The molecule has 1 aliphatic carbocycles. The molecule has 0 radical (unpaired) electrons. The zero-order valence-electron chi connectivity index (χ0n) is 13.9. The largest absolute Gasteiger partial charge is 0.310 e. The van der Waals surface area contributed by atoms with Gasteiger partial charge in [0.1, 0.15) is 0 Å². The van der Waals surface area contributed by atoms with Gasteiger partial charge in [-0.25, -0.2) is 0 Å². The molecule has 0 spiro atoms. The molecule has 2 heteroatoms. The number of benzene rings is 1. The summed E-state index contributed by atoms with van der Waals surface area (Å²) in [5.41, 5.74) is 1.44. The molecule has 0 amide bonds. The Bertz CT molecular complexity index is 401. The molecule has 3 unspecified atom stereocenters. The molecule has 1 nitrogen and oxygen atoms in total. The lowest BCUT2D eigenvalue weighted by Crippen LogP contribution is -2.21. The smallest absolute Gasteiger partial charge is 0.0317 e. The maximum absolute atomic E-state index is 3.64. The molecule has 1 N–H and O–H groups in total. The summed E-state index contributed by atoms with van der Waals surface area (Å²) in [7, 11) is 0. The first-order chi connectivity index (χ1) is 10.2. The summed E-state index contributed by atoms with van der Waals surface area (Å²) in [4.78, 5) is 1.45. The maximum atomic E-state index is 3.64. The highest BCUT2D eigenvalue weighted by Gasteiger charge is 2.19. The van der Waals surface area contributed by atoms with Crippen LogP contribution in [0.15, 0.2) is 29.2 Å². The normalized spacial score (nSPS) is 24.0. The predicted molar refractivity (Wildman–Crippen MR) is 95.0 cm³/mol. The molecule has 0 heterocycles. The van der Waals surface area contributed by atoms with Crippen LogP contribution in [0.1, 0.15) is 70.9 Å². The minimum atomic E-state index is 0.513. The van der Waals surface area contributed by atoms with E-state index in [1.54, 1.807) is 0 Å². The Balaban J connectivity index is 1.91. The van der Waals surface area contributed by atoms with Crippen molar-refractivity contribution in [3.05, 3.63) is 29.8 Å². The first kappa shape index (κ1) is 16.9. The minimum Gasteiger partial charge on any atom is -0.310 e. The van der Waals surface area contributed by atoms with Crippen LogP contribution in [0.4, 0.5) is 0 Å². The lowest BCUT2D eigenvalue weighted by atomic mass is 9.91. The van der Waals surface area contributed by atoms with E-state index in [1.807, 2.05) is 0 Å². The molecule has 21 heavy (non-hydrogen) atoms. The number of hydrogen-bond donors (Lipinski definition) is 1. The number of rotatable bonds is 7. The molecular formula is C19H31NS. The number of hydrogen-bond acceptors (Lipinski definition) is 2. The maximum Gasteiger partial charge on any atom is 0.0317 e. The lowest BCUT2D eigenvalue weighted by Gasteiger charge is -2.26. The van der Waals surface area contributed by atoms with E-state index in [0.29, 0.717) is 6.04 Å². The van der Waals surface area contributed by atoms with Gasteiger partial charge in [0.2, 0.25) is 0 Å². The van der Waals surface area contributed by atoms with Crippen LogP contribution in [0.25, 0.3) is 0 Å². The highest BCUT2D eigenvalue weighted by molar-refractivity contribution is 8.00. The van der Waals surface area contributed by atoms with Crippen molar-refractivity contribution in [2.24, 2.45) is 5.92 Å². The van der Waals surface area contributed by atoms with Gasteiger partial charge in [-0.2, -0.15) is 0 Å². The SMILES string of the molecule is CCCNC(CC)c1ccc(SC2CCCC(C)C2)cc1. The van der Waals surface area contributed by atoms with E-state index in [9.17, 15) is 0 Å². The summed E-state index contributed by atoms with van der Waals surface area (Å²) in [5, 5.41) is 4.47. The van der Waals surface area contributed by atoms with E-state index in [-0.39, 0.29) is 0 Å². The van der Waals surface area contributed by atoms with Gasteiger partial charge in [0.15, 0.2) is 0 Å². The Kier molecular flexibility index (Phi) is 7.12. The summed E-state index contributed by atoms with van der Waals surface area (Å²) < 4.78 is 0. The van der Waals surface area contributed by atoms with Crippen LogP contribution in [0, 0.1) is 5.92 Å². The van der Waals surface area contributed by atoms with Crippen molar-refractivity contribution in [3.8, 4) is 0 Å². The Morgan fingerprint density at radius 2 is 1.95 bits per heavy atom. The molecule has 3 atom stereocenters. The summed E-state index contributed by atoms with van der Waals surface area (Å²) in [6.07, 6.45) is 7.98. The van der Waals surface area contributed by atoms with Crippen molar-refractivity contribution in [2.45, 2.75) is 75.5 Å². The fourth-order valence-electron chi connectivity index (χ4n) is 3.27. The molecule has 118 valence electrons.